The van der Waals surface area contributed by atoms with Crippen LogP contribution in [0, 0.1) is 12.3 Å². The number of nitrogens with zero attached hydrogens (tertiary/aromatic N) is 2. The zero-order valence-electron chi connectivity index (χ0n) is 32.9. The molecule has 1 aliphatic heterocycles. The number of halogens is 1. The third kappa shape index (κ3) is 13.7. The number of rotatable bonds is 18. The van der Waals surface area contributed by atoms with E-state index in [0.29, 0.717) is 25.9 Å². The quantitative estimate of drug-likeness (QED) is 0.114. The summed E-state index contributed by atoms with van der Waals surface area (Å²) in [5, 5.41) is 19.0. The Bertz CT molecular complexity index is 1700. The van der Waals surface area contributed by atoms with Gasteiger partial charge in [-0.1, -0.05) is 69.3 Å². The van der Waals surface area contributed by atoms with Crippen molar-refractivity contribution in [3.63, 3.8) is 0 Å². The summed E-state index contributed by atoms with van der Waals surface area (Å²) >= 11 is 1.58. The predicted molar refractivity (Wildman–Crippen MR) is 218 cm³/mol. The van der Waals surface area contributed by atoms with Crippen LogP contribution in [0.2, 0.25) is 0 Å². The van der Waals surface area contributed by atoms with Crippen molar-refractivity contribution >= 4 is 47.4 Å². The third-order valence-electron chi connectivity index (χ3n) is 9.95. The van der Waals surface area contributed by atoms with E-state index in [0.717, 1.165) is 45.7 Å². The summed E-state index contributed by atoms with van der Waals surface area (Å²) in [6.07, 6.45) is 2.54. The van der Waals surface area contributed by atoms with Crippen LogP contribution in [0.3, 0.4) is 0 Å². The smallest absolute Gasteiger partial charge is 0.246 e. The van der Waals surface area contributed by atoms with Crippen LogP contribution in [-0.4, -0.2) is 82.5 Å². The summed E-state index contributed by atoms with van der Waals surface area (Å²) < 4.78 is 5.93. The van der Waals surface area contributed by atoms with Crippen LogP contribution in [0.15, 0.2) is 54.0 Å². The SMILES string of the molecule is CNC(=O)CC[C@H](N)[C@@H](C)OCc1ccc(CCCCC(=O)N[C@H](C(=O)N2C[C@H](O)C[C@H]2C(=O)NCc2ccc(-c3scnc3C)cc2)C(C)(C)C)cc1.Cl. The molecule has 0 aliphatic carbocycles. The van der Waals surface area contributed by atoms with Gasteiger partial charge in [0.15, 0.2) is 0 Å². The molecule has 4 amide bonds. The summed E-state index contributed by atoms with van der Waals surface area (Å²) in [6, 6.07) is 14.1. The fourth-order valence-electron chi connectivity index (χ4n) is 6.44. The Balaban J connectivity index is 0.00000812. The van der Waals surface area contributed by atoms with Gasteiger partial charge in [-0.25, -0.2) is 4.98 Å². The molecule has 0 unspecified atom stereocenters. The molecule has 1 saturated heterocycles. The number of hydrogen-bond donors (Lipinski definition) is 5. The highest BCUT2D eigenvalue weighted by atomic mass is 35.5. The molecule has 1 aliphatic rings. The van der Waals surface area contributed by atoms with Gasteiger partial charge in [0.1, 0.15) is 12.1 Å². The topological polar surface area (TPSA) is 176 Å². The van der Waals surface area contributed by atoms with Gasteiger partial charge in [0, 0.05) is 45.4 Å². The highest BCUT2D eigenvalue weighted by molar-refractivity contribution is 7.13. The number of β-amino-alcohol motifs (C(OH)–C–C–N with tert-alkyl or cyclic N) is 1. The van der Waals surface area contributed by atoms with E-state index in [-0.39, 0.29) is 74.1 Å². The van der Waals surface area contributed by atoms with Crippen LogP contribution < -0.4 is 21.7 Å². The van der Waals surface area contributed by atoms with Crippen molar-refractivity contribution in [3.8, 4) is 10.4 Å². The van der Waals surface area contributed by atoms with Crippen LogP contribution >= 0.6 is 23.7 Å². The summed E-state index contributed by atoms with van der Waals surface area (Å²) in [4.78, 5) is 58.8. The van der Waals surface area contributed by atoms with Crippen molar-refractivity contribution in [1.29, 1.82) is 0 Å². The maximum atomic E-state index is 14.0. The summed E-state index contributed by atoms with van der Waals surface area (Å²) in [7, 11) is 1.61. The molecule has 0 bridgehead atoms. The fraction of sp³-hybridized carbons (Fsp3) is 0.537. The van der Waals surface area contributed by atoms with Gasteiger partial charge in [-0.3, -0.25) is 19.2 Å². The molecule has 55 heavy (non-hydrogen) atoms. The maximum Gasteiger partial charge on any atom is 0.246 e. The minimum atomic E-state index is -0.865. The minimum absolute atomic E-state index is 0. The third-order valence-corrected chi connectivity index (χ3v) is 10.9. The van der Waals surface area contributed by atoms with Crippen LogP contribution in [0.25, 0.3) is 10.4 Å². The molecular weight excluding hydrogens is 740 g/mol. The number of likely N-dealkylation sites (tertiary alicyclic amines) is 1. The van der Waals surface area contributed by atoms with E-state index in [1.54, 1.807) is 18.4 Å². The molecule has 4 rings (SSSR count). The first kappa shape index (κ1) is 45.5. The number of hydrogen-bond acceptors (Lipinski definition) is 9. The Kier molecular flexibility index (Phi) is 17.7. The second-order valence-corrected chi connectivity index (χ2v) is 16.2. The van der Waals surface area contributed by atoms with Crippen molar-refractivity contribution in [1.82, 2.24) is 25.8 Å². The first-order valence-corrected chi connectivity index (χ1v) is 19.7. The van der Waals surface area contributed by atoms with E-state index in [1.807, 2.05) is 76.5 Å². The average molecular weight is 799 g/mol. The van der Waals surface area contributed by atoms with Gasteiger partial charge in [-0.05, 0) is 67.2 Å². The first-order chi connectivity index (χ1) is 25.7. The number of aliphatic hydroxyl groups is 1. The fourth-order valence-corrected chi connectivity index (χ4v) is 7.25. The molecule has 1 fully saturated rings. The van der Waals surface area contributed by atoms with Gasteiger partial charge in [0.05, 0.1) is 34.9 Å². The maximum absolute atomic E-state index is 14.0. The van der Waals surface area contributed by atoms with Crippen molar-refractivity contribution in [3.05, 3.63) is 76.4 Å². The zero-order chi connectivity index (χ0) is 39.4. The highest BCUT2D eigenvalue weighted by Gasteiger charge is 2.44. The monoisotopic (exact) mass is 798 g/mol. The molecule has 3 aromatic rings. The number of carbonyl (C=O) groups excluding carboxylic acids is 4. The minimum Gasteiger partial charge on any atom is -0.391 e. The number of amides is 4. The number of benzene rings is 2. The van der Waals surface area contributed by atoms with Gasteiger partial charge in [0.25, 0.3) is 0 Å². The van der Waals surface area contributed by atoms with Crippen molar-refractivity contribution < 1.29 is 29.0 Å². The van der Waals surface area contributed by atoms with Gasteiger partial charge in [-0.15, -0.1) is 23.7 Å². The number of aryl methyl sites for hydroxylation is 2. The summed E-state index contributed by atoms with van der Waals surface area (Å²) in [5.74, 6) is -0.974. The van der Waals surface area contributed by atoms with Gasteiger partial charge < -0.3 is 36.4 Å². The summed E-state index contributed by atoms with van der Waals surface area (Å²) in [5.41, 5.74) is 12.5. The number of nitrogens with two attached hydrogens (primary N) is 1. The molecule has 2 heterocycles. The van der Waals surface area contributed by atoms with E-state index < -0.39 is 23.6 Å². The number of nitrogens with one attached hydrogen (secondary N) is 3. The largest absolute Gasteiger partial charge is 0.391 e. The van der Waals surface area contributed by atoms with Gasteiger partial charge in [0.2, 0.25) is 23.6 Å². The van der Waals surface area contributed by atoms with E-state index >= 15 is 0 Å². The average Bonchev–Trinajstić information content (AvgIpc) is 3.77. The Labute approximate surface area is 335 Å². The lowest BCUT2D eigenvalue weighted by Gasteiger charge is -2.35. The molecule has 0 saturated carbocycles. The predicted octanol–water partition coefficient (Wildman–Crippen LogP) is 4.82. The first-order valence-electron chi connectivity index (χ1n) is 18.9. The molecule has 302 valence electrons. The van der Waals surface area contributed by atoms with Gasteiger partial charge in [-0.2, -0.15) is 0 Å². The molecular formula is C41H59ClN6O6S. The van der Waals surface area contributed by atoms with E-state index in [4.69, 9.17) is 10.5 Å². The Morgan fingerprint density at radius 3 is 2.27 bits per heavy atom. The standard InChI is InChI=1S/C41H58N6O6S.ClH/c1-26-37(54-25-45-26)31-17-15-29(16-18-31)22-44-39(51)34-21-32(48)23-47(34)40(52)38(41(3,4)5)46-36(50)10-8-7-9-28-11-13-30(14-12-28)24-53-27(2)33(42)19-20-35(49)43-6;/h11-18,25,27,32-34,38,48H,7-10,19-24,42H2,1-6H3,(H,43,49)(H,44,51)(H,46,50);1H/t27-,32-,33+,34+,38-;/m1./s1. The normalized spacial score (nSPS) is 17.1. The number of thiazole rings is 1. The van der Waals surface area contributed by atoms with Crippen molar-refractivity contribution in [2.45, 2.75) is 123 Å². The lowest BCUT2D eigenvalue weighted by molar-refractivity contribution is -0.144. The number of carbonyl (C=O) groups is 4. The van der Waals surface area contributed by atoms with Crippen LogP contribution in [0.4, 0.5) is 0 Å². The Morgan fingerprint density at radius 1 is 1.00 bits per heavy atom. The molecule has 1 aromatic heterocycles. The number of aromatic nitrogens is 1. The highest BCUT2D eigenvalue weighted by Crippen LogP contribution is 2.28. The number of aliphatic hydroxyl groups excluding tert-OH is 1. The molecule has 0 radical (unpaired) electrons. The molecule has 14 heteroatoms. The Hall–Kier alpha value is -3.88. The molecule has 12 nitrogen and oxygen atoms in total. The van der Waals surface area contributed by atoms with Crippen LogP contribution in [0.5, 0.6) is 0 Å². The van der Waals surface area contributed by atoms with Crippen molar-refractivity contribution in [2.75, 3.05) is 13.6 Å². The van der Waals surface area contributed by atoms with E-state index in [9.17, 15) is 24.3 Å². The Morgan fingerprint density at radius 2 is 1.65 bits per heavy atom. The zero-order valence-corrected chi connectivity index (χ0v) is 34.6. The van der Waals surface area contributed by atoms with Gasteiger partial charge >= 0.3 is 0 Å². The molecule has 0 spiro atoms. The number of ether oxygens (including phenoxy) is 1. The summed E-state index contributed by atoms with van der Waals surface area (Å²) in [6.45, 7) is 10.3. The van der Waals surface area contributed by atoms with E-state index in [2.05, 4.69) is 33.1 Å². The van der Waals surface area contributed by atoms with Crippen LogP contribution in [-0.2, 0) is 43.5 Å². The van der Waals surface area contributed by atoms with Crippen LogP contribution in [0.1, 0.15) is 88.6 Å². The molecule has 2 aromatic carbocycles. The van der Waals surface area contributed by atoms with E-state index in [1.165, 1.54) is 4.90 Å². The second-order valence-electron chi connectivity index (χ2n) is 15.4. The second kappa shape index (κ2) is 21.4. The lowest BCUT2D eigenvalue weighted by Crippen LogP contribution is -2.57. The lowest BCUT2D eigenvalue weighted by atomic mass is 9.85. The number of unbranched alkanes of at least 4 members (excludes halogenated alkanes) is 1. The van der Waals surface area contributed by atoms with Crippen molar-refractivity contribution in [2.24, 2.45) is 11.1 Å². The molecule has 6 N–H and O–H groups in total. The molecule has 5 atom stereocenters.